The van der Waals surface area contributed by atoms with E-state index in [1.807, 2.05) is 0 Å². The standard InChI is InChI=1S/C9H20O3.H3O3P/c1-2-3-4-5-9(6-10,7-11)8-12;1-4(2)3/h10-12H,2-8H2,1H3;1-3H. The fraction of sp³-hybridized carbons (Fsp3) is 1.00. The molecule has 6 N–H and O–H groups in total. The number of rotatable bonds is 7. The number of aliphatic hydroxyl groups excluding tert-OH is 3. The average Bonchev–Trinajstić information content (AvgIpc) is 2.25. The molecule has 0 aromatic heterocycles. The molecule has 0 bridgehead atoms. The molecule has 6 nitrogen and oxygen atoms in total. The van der Waals surface area contributed by atoms with Crippen LogP contribution in [0.5, 0.6) is 0 Å². The molecule has 0 aromatic rings. The van der Waals surface area contributed by atoms with Gasteiger partial charge in [-0.25, -0.2) is 0 Å². The third-order valence-corrected chi connectivity index (χ3v) is 2.32. The van der Waals surface area contributed by atoms with Crippen molar-refractivity contribution < 1.29 is 30.0 Å². The average molecular weight is 258 g/mol. The van der Waals surface area contributed by atoms with E-state index in [1.54, 1.807) is 0 Å². The van der Waals surface area contributed by atoms with E-state index in [9.17, 15) is 0 Å². The molecule has 0 saturated heterocycles. The molecular formula is C9H23O6P. The van der Waals surface area contributed by atoms with Gasteiger partial charge in [-0.2, -0.15) is 0 Å². The van der Waals surface area contributed by atoms with E-state index in [-0.39, 0.29) is 19.8 Å². The number of hydrogen-bond donors (Lipinski definition) is 6. The van der Waals surface area contributed by atoms with E-state index in [1.165, 1.54) is 0 Å². The van der Waals surface area contributed by atoms with E-state index in [0.29, 0.717) is 6.42 Å². The maximum absolute atomic E-state index is 8.96. The molecule has 0 spiro atoms. The van der Waals surface area contributed by atoms with Gasteiger partial charge in [0.15, 0.2) is 0 Å². The third kappa shape index (κ3) is 10.7. The van der Waals surface area contributed by atoms with Gasteiger partial charge in [-0.05, 0) is 6.42 Å². The SMILES string of the molecule is CCCCCC(CO)(CO)CO.OP(O)O. The topological polar surface area (TPSA) is 121 Å². The normalized spacial score (nSPS) is 11.2. The van der Waals surface area contributed by atoms with Gasteiger partial charge in [-0.1, -0.05) is 26.2 Å². The van der Waals surface area contributed by atoms with Gasteiger partial charge in [0.05, 0.1) is 19.8 Å². The van der Waals surface area contributed by atoms with Crippen molar-refractivity contribution in [3.05, 3.63) is 0 Å². The van der Waals surface area contributed by atoms with Crippen molar-refractivity contribution in [1.29, 1.82) is 0 Å². The summed E-state index contributed by atoms with van der Waals surface area (Å²) >= 11 is 0. The van der Waals surface area contributed by atoms with Crippen LogP contribution < -0.4 is 0 Å². The van der Waals surface area contributed by atoms with Crippen molar-refractivity contribution in [2.45, 2.75) is 32.6 Å². The van der Waals surface area contributed by atoms with E-state index >= 15 is 0 Å². The second-order valence-electron chi connectivity index (χ2n) is 3.70. The van der Waals surface area contributed by atoms with Crippen LogP contribution in [0.2, 0.25) is 0 Å². The van der Waals surface area contributed by atoms with Crippen molar-refractivity contribution in [3.63, 3.8) is 0 Å². The van der Waals surface area contributed by atoms with Gasteiger partial charge >= 0.3 is 8.60 Å². The molecule has 0 aliphatic heterocycles. The molecule has 0 radical (unpaired) electrons. The minimum absolute atomic E-state index is 0.135. The minimum Gasteiger partial charge on any atom is -0.396 e. The van der Waals surface area contributed by atoms with Crippen LogP contribution in [0.1, 0.15) is 32.6 Å². The van der Waals surface area contributed by atoms with Gasteiger partial charge in [0, 0.05) is 5.41 Å². The Hall–Kier alpha value is 0.190. The fourth-order valence-electron chi connectivity index (χ4n) is 1.14. The Kier molecular flexibility index (Phi) is 13.5. The molecule has 7 heteroatoms. The lowest BCUT2D eigenvalue weighted by Gasteiger charge is -2.26. The van der Waals surface area contributed by atoms with Crippen LogP contribution in [0, 0.1) is 5.41 Å². The van der Waals surface area contributed by atoms with E-state index < -0.39 is 14.0 Å². The van der Waals surface area contributed by atoms with Crippen molar-refractivity contribution in [1.82, 2.24) is 0 Å². The van der Waals surface area contributed by atoms with Gasteiger partial charge in [-0.3, -0.25) is 0 Å². The summed E-state index contributed by atoms with van der Waals surface area (Å²) in [5, 5.41) is 26.9. The second kappa shape index (κ2) is 11.7. The highest BCUT2D eigenvalue weighted by molar-refractivity contribution is 7.38. The highest BCUT2D eigenvalue weighted by Gasteiger charge is 2.26. The molecule has 0 fully saturated rings. The zero-order chi connectivity index (χ0) is 13.0. The van der Waals surface area contributed by atoms with Crippen molar-refractivity contribution in [3.8, 4) is 0 Å². The highest BCUT2D eigenvalue weighted by Crippen LogP contribution is 2.23. The predicted molar refractivity (Wildman–Crippen MR) is 61.4 cm³/mol. The van der Waals surface area contributed by atoms with Gasteiger partial charge in [0.25, 0.3) is 0 Å². The van der Waals surface area contributed by atoms with E-state index in [2.05, 4.69) is 6.92 Å². The molecular weight excluding hydrogens is 235 g/mol. The van der Waals surface area contributed by atoms with Crippen LogP contribution in [0.3, 0.4) is 0 Å². The molecule has 0 aliphatic rings. The predicted octanol–water partition coefficient (Wildman–Crippen LogP) is -0.280. The molecule has 16 heavy (non-hydrogen) atoms. The van der Waals surface area contributed by atoms with Crippen molar-refractivity contribution >= 4 is 8.60 Å². The van der Waals surface area contributed by atoms with E-state index in [0.717, 1.165) is 19.3 Å². The molecule has 0 heterocycles. The van der Waals surface area contributed by atoms with Gasteiger partial charge in [0.2, 0.25) is 0 Å². The Labute approximate surface area is 97.2 Å². The van der Waals surface area contributed by atoms with E-state index in [4.69, 9.17) is 30.0 Å². The third-order valence-electron chi connectivity index (χ3n) is 2.32. The summed E-state index contributed by atoms with van der Waals surface area (Å²) < 4.78 is 0. The molecule has 0 saturated carbocycles. The molecule has 100 valence electrons. The number of aliphatic hydroxyl groups is 3. The summed E-state index contributed by atoms with van der Waals surface area (Å²) in [5.41, 5.74) is -0.658. The highest BCUT2D eigenvalue weighted by atomic mass is 31.2. The summed E-state index contributed by atoms with van der Waals surface area (Å²) in [4.78, 5) is 21.7. The molecule has 0 unspecified atom stereocenters. The second-order valence-corrected chi connectivity index (χ2v) is 4.24. The molecule has 0 rings (SSSR count). The Morgan fingerprint density at radius 2 is 1.25 bits per heavy atom. The smallest absolute Gasteiger partial charge is 0.324 e. The first-order chi connectivity index (χ1) is 7.47. The Bertz CT molecular complexity index is 129. The zero-order valence-corrected chi connectivity index (χ0v) is 10.5. The molecule has 0 amide bonds. The molecule has 0 aromatic carbocycles. The van der Waals surface area contributed by atoms with Crippen LogP contribution in [0.25, 0.3) is 0 Å². The number of hydrogen-bond acceptors (Lipinski definition) is 6. The van der Waals surface area contributed by atoms with Crippen LogP contribution in [0.4, 0.5) is 0 Å². The fourth-order valence-corrected chi connectivity index (χ4v) is 1.14. The van der Waals surface area contributed by atoms with Gasteiger partial charge in [-0.15, -0.1) is 0 Å². The van der Waals surface area contributed by atoms with Crippen LogP contribution >= 0.6 is 8.60 Å². The molecule has 0 atom stereocenters. The molecule has 0 aliphatic carbocycles. The Balaban J connectivity index is 0. The maximum atomic E-state index is 8.96. The quantitative estimate of drug-likeness (QED) is 0.276. The lowest BCUT2D eigenvalue weighted by Crippen LogP contribution is -2.33. The Morgan fingerprint density at radius 1 is 0.875 bits per heavy atom. The van der Waals surface area contributed by atoms with Crippen LogP contribution in [-0.2, 0) is 0 Å². The summed E-state index contributed by atoms with van der Waals surface area (Å²) in [7, 11) is -2.62. The first kappa shape index (κ1) is 18.6. The largest absolute Gasteiger partial charge is 0.396 e. The van der Waals surface area contributed by atoms with Crippen molar-refractivity contribution in [2.24, 2.45) is 5.41 Å². The van der Waals surface area contributed by atoms with Crippen LogP contribution in [0.15, 0.2) is 0 Å². The summed E-state index contributed by atoms with van der Waals surface area (Å²) in [6.07, 6.45) is 3.85. The van der Waals surface area contributed by atoms with Crippen LogP contribution in [-0.4, -0.2) is 49.8 Å². The summed E-state index contributed by atoms with van der Waals surface area (Å²) in [5.74, 6) is 0. The van der Waals surface area contributed by atoms with Gasteiger partial charge in [0.1, 0.15) is 0 Å². The minimum atomic E-state index is -2.62. The van der Waals surface area contributed by atoms with Crippen molar-refractivity contribution in [2.75, 3.05) is 19.8 Å². The van der Waals surface area contributed by atoms with Gasteiger partial charge < -0.3 is 30.0 Å². The lowest BCUT2D eigenvalue weighted by atomic mass is 9.85. The Morgan fingerprint density at radius 3 is 1.50 bits per heavy atom. The summed E-state index contributed by atoms with van der Waals surface area (Å²) in [6.45, 7) is 1.69. The monoisotopic (exact) mass is 258 g/mol. The number of unbranched alkanes of at least 4 members (excludes halogenated alkanes) is 2. The zero-order valence-electron chi connectivity index (χ0n) is 9.58. The maximum Gasteiger partial charge on any atom is 0.324 e. The first-order valence-corrected chi connectivity index (χ1v) is 6.37. The first-order valence-electron chi connectivity index (χ1n) is 5.17. The summed E-state index contributed by atoms with van der Waals surface area (Å²) in [6, 6.07) is 0. The lowest BCUT2D eigenvalue weighted by molar-refractivity contribution is -0.00222.